The molecule has 1 radical (unpaired) electrons. The van der Waals surface area contributed by atoms with Gasteiger partial charge in [0.1, 0.15) is 0 Å². The molecule has 109 valence electrons. The van der Waals surface area contributed by atoms with Crippen molar-refractivity contribution >= 4 is 13.9 Å². The van der Waals surface area contributed by atoms with E-state index in [0.717, 1.165) is 8.58 Å². The maximum atomic E-state index is 5.70. The fraction of sp³-hybridized carbons (Fsp3) is 0.368. The summed E-state index contributed by atoms with van der Waals surface area (Å²) >= 11 is 0. The maximum Gasteiger partial charge on any atom is 0.0178 e. The van der Waals surface area contributed by atoms with Crippen LogP contribution in [-0.2, 0) is 11.7 Å². The quantitative estimate of drug-likeness (QED) is 0.844. The Balaban J connectivity index is 1.88. The average Bonchev–Trinajstić information content (AvgIpc) is 2.57. The lowest BCUT2D eigenvalue weighted by Crippen LogP contribution is -2.26. The third kappa shape index (κ3) is 3.36. The number of rotatable bonds is 4. The van der Waals surface area contributed by atoms with Gasteiger partial charge in [-0.25, -0.2) is 0 Å². The highest BCUT2D eigenvalue weighted by Crippen LogP contribution is 2.51. The summed E-state index contributed by atoms with van der Waals surface area (Å²) in [6.07, 6.45) is 6.72. The predicted octanol–water partition coefficient (Wildman–Crippen LogP) is 4.11. The summed E-state index contributed by atoms with van der Waals surface area (Å²) in [5, 5.41) is 1.80. The summed E-state index contributed by atoms with van der Waals surface area (Å²) in [4.78, 5) is 0. The second kappa shape index (κ2) is 6.73. The zero-order valence-electron chi connectivity index (χ0n) is 12.4. The van der Waals surface area contributed by atoms with Crippen molar-refractivity contribution in [3.8, 4) is 0 Å². The van der Waals surface area contributed by atoms with Crippen LogP contribution in [0.5, 0.6) is 0 Å². The average molecular weight is 296 g/mol. The first-order chi connectivity index (χ1) is 10.3. The highest BCUT2D eigenvalue weighted by Gasteiger charge is 2.33. The van der Waals surface area contributed by atoms with Crippen molar-refractivity contribution < 1.29 is 0 Å². The van der Waals surface area contributed by atoms with E-state index in [-0.39, 0.29) is 0 Å². The summed E-state index contributed by atoms with van der Waals surface area (Å²) in [6, 6.07) is 20.7. The van der Waals surface area contributed by atoms with Crippen molar-refractivity contribution in [1.82, 2.24) is 0 Å². The van der Waals surface area contributed by atoms with E-state index in [9.17, 15) is 0 Å². The number of hydrogen-bond donors (Lipinski definition) is 1. The van der Waals surface area contributed by atoms with E-state index >= 15 is 0 Å². The minimum Gasteiger partial charge on any atom is -0.326 e. The van der Waals surface area contributed by atoms with Gasteiger partial charge in [0, 0.05) is 11.7 Å². The summed E-state index contributed by atoms with van der Waals surface area (Å²) < 4.78 is 0. The van der Waals surface area contributed by atoms with Crippen molar-refractivity contribution in [2.75, 3.05) is 0 Å². The molecule has 0 heterocycles. The largest absolute Gasteiger partial charge is 0.326 e. The van der Waals surface area contributed by atoms with Crippen molar-refractivity contribution in [2.24, 2.45) is 5.73 Å². The molecule has 0 bridgehead atoms. The van der Waals surface area contributed by atoms with Crippen molar-refractivity contribution in [3.05, 3.63) is 65.7 Å². The Morgan fingerprint density at radius 3 is 2.24 bits per heavy atom. The van der Waals surface area contributed by atoms with Crippen LogP contribution in [0.1, 0.15) is 43.2 Å². The van der Waals surface area contributed by atoms with Gasteiger partial charge in [-0.1, -0.05) is 76.4 Å². The second-order valence-corrected chi connectivity index (χ2v) is 7.74. The van der Waals surface area contributed by atoms with Crippen LogP contribution in [-0.4, -0.2) is 0 Å². The molecular formula is C19H23NP. The zero-order chi connectivity index (χ0) is 14.5. The van der Waals surface area contributed by atoms with Crippen molar-refractivity contribution in [3.63, 3.8) is 0 Å². The third-order valence-corrected chi connectivity index (χ3v) is 6.44. The normalized spacial score (nSPS) is 18.1. The molecule has 2 N–H and O–H groups in total. The molecule has 21 heavy (non-hydrogen) atoms. The van der Waals surface area contributed by atoms with Crippen LogP contribution in [0.15, 0.2) is 48.5 Å². The zero-order valence-corrected chi connectivity index (χ0v) is 13.4. The Morgan fingerprint density at radius 1 is 0.952 bits per heavy atom. The van der Waals surface area contributed by atoms with E-state index in [1.54, 1.807) is 0 Å². The highest BCUT2D eigenvalue weighted by atomic mass is 31.1. The molecule has 0 aliphatic heterocycles. The number of hydrogen-bond acceptors (Lipinski definition) is 1. The van der Waals surface area contributed by atoms with E-state index in [2.05, 4.69) is 54.6 Å². The van der Waals surface area contributed by atoms with E-state index in [1.807, 2.05) is 0 Å². The number of benzene rings is 2. The minimum absolute atomic E-state index is 0.345. The van der Waals surface area contributed by atoms with Gasteiger partial charge in [0.05, 0.1) is 0 Å². The van der Waals surface area contributed by atoms with E-state index in [1.165, 1.54) is 48.5 Å². The second-order valence-electron chi connectivity index (χ2n) is 5.96. The monoisotopic (exact) mass is 296 g/mol. The molecule has 2 heteroatoms. The molecule has 2 aromatic carbocycles. The van der Waals surface area contributed by atoms with E-state index in [4.69, 9.17) is 5.73 Å². The first-order valence-electron chi connectivity index (χ1n) is 7.86. The van der Waals surface area contributed by atoms with Crippen LogP contribution in [0.3, 0.4) is 0 Å². The number of nitrogens with two attached hydrogens (primary N) is 1. The highest BCUT2D eigenvalue weighted by molar-refractivity contribution is 7.48. The maximum absolute atomic E-state index is 5.70. The van der Waals surface area contributed by atoms with Gasteiger partial charge in [-0.05, 0) is 35.3 Å². The Bertz CT molecular complexity index is 556. The fourth-order valence-electron chi connectivity index (χ4n) is 3.35. The summed E-state index contributed by atoms with van der Waals surface area (Å²) in [5.41, 5.74) is 8.42. The van der Waals surface area contributed by atoms with Gasteiger partial charge in [-0.15, -0.1) is 0 Å². The lowest BCUT2D eigenvalue weighted by molar-refractivity contribution is 0.404. The molecule has 1 fully saturated rings. The molecule has 2 aromatic rings. The predicted molar refractivity (Wildman–Crippen MR) is 92.3 cm³/mol. The van der Waals surface area contributed by atoms with Crippen LogP contribution in [0, 0.1) is 6.07 Å². The Hall–Kier alpha value is -1.17. The van der Waals surface area contributed by atoms with Crippen LogP contribution in [0.25, 0.3) is 0 Å². The van der Waals surface area contributed by atoms with Gasteiger partial charge >= 0.3 is 0 Å². The van der Waals surface area contributed by atoms with Crippen LogP contribution in [0.4, 0.5) is 0 Å². The summed E-state index contributed by atoms with van der Waals surface area (Å²) in [5.74, 6) is 0. The lowest BCUT2D eigenvalue weighted by Gasteiger charge is -2.38. The first kappa shape index (κ1) is 14.8. The molecule has 3 rings (SSSR count). The molecule has 1 nitrogen and oxygen atoms in total. The van der Waals surface area contributed by atoms with Crippen molar-refractivity contribution in [2.45, 2.75) is 43.8 Å². The Kier molecular flexibility index (Phi) is 4.73. The molecule has 0 amide bonds. The van der Waals surface area contributed by atoms with Gasteiger partial charge in [-0.3, -0.25) is 0 Å². The smallest absolute Gasteiger partial charge is 0.0178 e. The lowest BCUT2D eigenvalue weighted by atomic mass is 9.83. The van der Waals surface area contributed by atoms with E-state index < -0.39 is 0 Å². The van der Waals surface area contributed by atoms with Crippen molar-refractivity contribution in [1.29, 1.82) is 0 Å². The van der Waals surface area contributed by atoms with E-state index in [0.29, 0.717) is 11.7 Å². The van der Waals surface area contributed by atoms with Crippen LogP contribution < -0.4 is 11.0 Å². The Labute approximate surface area is 129 Å². The molecule has 1 aliphatic carbocycles. The van der Waals surface area contributed by atoms with Crippen LogP contribution >= 0.6 is 8.58 Å². The topological polar surface area (TPSA) is 26.0 Å². The standard InChI is InChI=1S/C19H23NP/c20-15-16-9-11-18(12-10-16)21-19(13-5-2-6-14-19)17-7-3-1-4-8-17/h3-4,7-12,21H,2,5-6,13-15,20H2. The molecular weight excluding hydrogens is 273 g/mol. The molecule has 1 atom stereocenters. The molecule has 0 aromatic heterocycles. The first-order valence-corrected chi connectivity index (χ1v) is 8.86. The van der Waals surface area contributed by atoms with Gasteiger partial charge in [0.15, 0.2) is 0 Å². The van der Waals surface area contributed by atoms with Crippen LogP contribution in [0.2, 0.25) is 0 Å². The van der Waals surface area contributed by atoms with Gasteiger partial charge in [-0.2, -0.15) is 0 Å². The minimum atomic E-state index is 0.345. The van der Waals surface area contributed by atoms with Gasteiger partial charge < -0.3 is 5.73 Å². The molecule has 0 saturated heterocycles. The van der Waals surface area contributed by atoms with Gasteiger partial charge in [0.25, 0.3) is 0 Å². The summed E-state index contributed by atoms with van der Waals surface area (Å²) in [6.45, 7) is 0.628. The molecule has 1 saturated carbocycles. The SMILES string of the molecule is NCc1ccc(PC2(c3cc[c]cc3)CCCCC2)cc1. The van der Waals surface area contributed by atoms with Gasteiger partial charge in [0.2, 0.25) is 0 Å². The fourth-order valence-corrected chi connectivity index (χ4v) is 5.15. The summed E-state index contributed by atoms with van der Waals surface area (Å²) in [7, 11) is 0.844. The molecule has 1 unspecified atom stereocenters. The third-order valence-electron chi connectivity index (χ3n) is 4.55. The molecule has 0 spiro atoms. The Morgan fingerprint density at radius 2 is 1.62 bits per heavy atom. The molecule has 1 aliphatic rings.